The summed E-state index contributed by atoms with van der Waals surface area (Å²) in [5.41, 5.74) is 1.13. The molecule has 2 aromatic heterocycles. The molecule has 1 aliphatic heterocycles. The lowest BCUT2D eigenvalue weighted by Gasteiger charge is -2.33. The second-order valence-corrected chi connectivity index (χ2v) is 5.41. The molecule has 3 heterocycles. The molecule has 0 spiro atoms. The van der Waals surface area contributed by atoms with Gasteiger partial charge < -0.3 is 19.5 Å². The van der Waals surface area contributed by atoms with Gasteiger partial charge in [-0.2, -0.15) is 0 Å². The lowest BCUT2D eigenvalue weighted by molar-refractivity contribution is 0.0645. The number of nitrogens with zero attached hydrogens (tertiary/aromatic N) is 3. The van der Waals surface area contributed by atoms with E-state index in [4.69, 9.17) is 4.74 Å². The minimum absolute atomic E-state index is 0.0355. The van der Waals surface area contributed by atoms with Gasteiger partial charge in [0.05, 0.1) is 18.7 Å². The number of methoxy groups -OCH3 is 1. The lowest BCUT2D eigenvalue weighted by atomic mass is 10.1. The zero-order valence-corrected chi connectivity index (χ0v) is 13.0. The smallest absolute Gasteiger partial charge is 0.270 e. The number of likely N-dealkylation sites (N-methyl/N-ethyl adjacent to an activating group) is 1. The van der Waals surface area contributed by atoms with Crippen molar-refractivity contribution in [1.82, 2.24) is 19.8 Å². The van der Waals surface area contributed by atoms with Gasteiger partial charge in [0.1, 0.15) is 5.69 Å². The molecule has 0 radical (unpaired) electrons. The molecule has 2 aromatic rings. The van der Waals surface area contributed by atoms with Gasteiger partial charge in [0.25, 0.3) is 11.8 Å². The highest BCUT2D eigenvalue weighted by Gasteiger charge is 2.29. The third-order valence-corrected chi connectivity index (χ3v) is 4.03. The summed E-state index contributed by atoms with van der Waals surface area (Å²) in [6.07, 6.45) is 3.34. The van der Waals surface area contributed by atoms with Gasteiger partial charge in [-0.05, 0) is 18.2 Å². The van der Waals surface area contributed by atoms with Crippen LogP contribution in [0.15, 0.2) is 36.7 Å². The van der Waals surface area contributed by atoms with E-state index in [-0.39, 0.29) is 17.9 Å². The van der Waals surface area contributed by atoms with Gasteiger partial charge in [-0.1, -0.05) is 0 Å². The van der Waals surface area contributed by atoms with E-state index in [1.165, 1.54) is 13.3 Å². The van der Waals surface area contributed by atoms with Crippen molar-refractivity contribution < 1.29 is 14.3 Å². The Morgan fingerprint density at radius 3 is 2.96 bits per heavy atom. The van der Waals surface area contributed by atoms with E-state index in [0.29, 0.717) is 30.2 Å². The highest BCUT2D eigenvalue weighted by molar-refractivity contribution is 5.95. The summed E-state index contributed by atoms with van der Waals surface area (Å²) in [5.74, 6) is 0.199. The maximum Gasteiger partial charge on any atom is 0.270 e. The molecule has 7 heteroatoms. The van der Waals surface area contributed by atoms with Crippen LogP contribution in [0.5, 0.6) is 5.88 Å². The SMILES string of the molecule is COc1ccc(C(=O)NCC2Cn3cccc3C(=O)N2C)cn1. The van der Waals surface area contributed by atoms with Crippen molar-refractivity contribution in [3.8, 4) is 5.88 Å². The zero-order chi connectivity index (χ0) is 16.4. The summed E-state index contributed by atoms with van der Waals surface area (Å²) in [6, 6.07) is 6.86. The van der Waals surface area contributed by atoms with Crippen molar-refractivity contribution in [1.29, 1.82) is 0 Å². The van der Waals surface area contributed by atoms with Crippen LogP contribution in [-0.2, 0) is 6.54 Å². The second-order valence-electron chi connectivity index (χ2n) is 5.41. The van der Waals surface area contributed by atoms with Crippen molar-refractivity contribution in [2.75, 3.05) is 20.7 Å². The standard InChI is InChI=1S/C16H18N4O3/c1-19-12(10-20-7-3-4-13(20)16(19)22)9-18-15(21)11-5-6-14(23-2)17-8-11/h3-8,12H,9-10H2,1-2H3,(H,18,21). The van der Waals surface area contributed by atoms with Crippen LogP contribution in [0.4, 0.5) is 0 Å². The quantitative estimate of drug-likeness (QED) is 0.904. The number of pyridine rings is 1. The van der Waals surface area contributed by atoms with Crippen molar-refractivity contribution in [2.24, 2.45) is 0 Å². The molecule has 0 saturated carbocycles. The van der Waals surface area contributed by atoms with Crippen LogP contribution < -0.4 is 10.1 Å². The fourth-order valence-electron chi connectivity index (χ4n) is 2.61. The predicted octanol–water partition coefficient (Wildman–Crippen LogP) is 0.776. The normalized spacial score (nSPS) is 16.9. The molecule has 0 saturated heterocycles. The number of rotatable bonds is 4. The molecular weight excluding hydrogens is 296 g/mol. The highest BCUT2D eigenvalue weighted by Crippen LogP contribution is 2.16. The first-order chi connectivity index (χ1) is 11.1. The van der Waals surface area contributed by atoms with E-state index < -0.39 is 0 Å². The summed E-state index contributed by atoms with van der Waals surface area (Å²) in [5, 5.41) is 2.85. The first kappa shape index (κ1) is 15.1. The van der Waals surface area contributed by atoms with E-state index in [1.807, 2.05) is 16.8 Å². The molecule has 1 unspecified atom stereocenters. The van der Waals surface area contributed by atoms with E-state index in [2.05, 4.69) is 10.3 Å². The number of amides is 2. The van der Waals surface area contributed by atoms with Crippen LogP contribution in [0.2, 0.25) is 0 Å². The number of hydrogen-bond donors (Lipinski definition) is 1. The van der Waals surface area contributed by atoms with Gasteiger partial charge >= 0.3 is 0 Å². The summed E-state index contributed by atoms with van der Waals surface area (Å²) in [4.78, 5) is 30.1. The molecule has 2 amide bonds. The number of carbonyl (C=O) groups is 2. The minimum atomic E-state index is -0.223. The van der Waals surface area contributed by atoms with Crippen molar-refractivity contribution in [2.45, 2.75) is 12.6 Å². The molecule has 0 bridgehead atoms. The van der Waals surface area contributed by atoms with Gasteiger partial charge in [-0.3, -0.25) is 9.59 Å². The summed E-state index contributed by atoms with van der Waals surface area (Å²) < 4.78 is 6.88. The monoisotopic (exact) mass is 314 g/mol. The Morgan fingerprint density at radius 2 is 2.26 bits per heavy atom. The molecule has 7 nitrogen and oxygen atoms in total. The maximum absolute atomic E-state index is 12.2. The molecular formula is C16H18N4O3. The summed E-state index contributed by atoms with van der Waals surface area (Å²) in [6.45, 7) is 1.04. The fraction of sp³-hybridized carbons (Fsp3) is 0.312. The molecule has 0 aromatic carbocycles. The molecule has 1 aliphatic rings. The topological polar surface area (TPSA) is 76.5 Å². The molecule has 0 fully saturated rings. The number of aromatic nitrogens is 2. The first-order valence-corrected chi connectivity index (χ1v) is 7.30. The Bertz CT molecular complexity index is 723. The predicted molar refractivity (Wildman–Crippen MR) is 83.4 cm³/mol. The van der Waals surface area contributed by atoms with Crippen molar-refractivity contribution >= 4 is 11.8 Å². The van der Waals surface area contributed by atoms with Crippen LogP contribution in [0.3, 0.4) is 0 Å². The zero-order valence-electron chi connectivity index (χ0n) is 13.0. The number of nitrogens with one attached hydrogen (secondary N) is 1. The van der Waals surface area contributed by atoms with Crippen LogP contribution in [0, 0.1) is 0 Å². The van der Waals surface area contributed by atoms with Crippen LogP contribution in [-0.4, -0.2) is 53.0 Å². The van der Waals surface area contributed by atoms with Gasteiger partial charge in [0.15, 0.2) is 0 Å². The minimum Gasteiger partial charge on any atom is -0.481 e. The highest BCUT2D eigenvalue weighted by atomic mass is 16.5. The lowest BCUT2D eigenvalue weighted by Crippen LogP contribution is -2.50. The van der Waals surface area contributed by atoms with Crippen LogP contribution in [0.25, 0.3) is 0 Å². The molecule has 23 heavy (non-hydrogen) atoms. The first-order valence-electron chi connectivity index (χ1n) is 7.30. The number of ether oxygens (including phenoxy) is 1. The van der Waals surface area contributed by atoms with E-state index in [0.717, 1.165) is 0 Å². The maximum atomic E-state index is 12.2. The Kier molecular flexibility index (Phi) is 4.01. The largest absolute Gasteiger partial charge is 0.481 e. The summed E-state index contributed by atoms with van der Waals surface area (Å²) in [7, 11) is 3.28. The van der Waals surface area contributed by atoms with Crippen molar-refractivity contribution in [3.63, 3.8) is 0 Å². The molecule has 120 valence electrons. The van der Waals surface area contributed by atoms with E-state index in [1.54, 1.807) is 30.1 Å². The van der Waals surface area contributed by atoms with Crippen LogP contribution >= 0.6 is 0 Å². The molecule has 3 rings (SSSR count). The Morgan fingerprint density at radius 1 is 1.43 bits per heavy atom. The number of carbonyl (C=O) groups excluding carboxylic acids is 2. The van der Waals surface area contributed by atoms with Gasteiger partial charge in [-0.25, -0.2) is 4.98 Å². The van der Waals surface area contributed by atoms with E-state index in [9.17, 15) is 9.59 Å². The van der Waals surface area contributed by atoms with E-state index >= 15 is 0 Å². The Hall–Kier alpha value is -2.83. The second kappa shape index (κ2) is 6.12. The number of hydrogen-bond acceptors (Lipinski definition) is 4. The average molecular weight is 314 g/mol. The van der Waals surface area contributed by atoms with Gasteiger partial charge in [-0.15, -0.1) is 0 Å². The van der Waals surface area contributed by atoms with Gasteiger partial charge in [0.2, 0.25) is 5.88 Å². The Labute approximate surface area is 133 Å². The summed E-state index contributed by atoms with van der Waals surface area (Å²) >= 11 is 0. The van der Waals surface area contributed by atoms with Crippen molar-refractivity contribution in [3.05, 3.63) is 47.9 Å². The molecule has 1 atom stereocenters. The molecule has 1 N–H and O–H groups in total. The Balaban J connectivity index is 1.64. The van der Waals surface area contributed by atoms with Crippen LogP contribution in [0.1, 0.15) is 20.8 Å². The third kappa shape index (κ3) is 2.90. The molecule has 0 aliphatic carbocycles. The average Bonchev–Trinajstić information content (AvgIpc) is 3.05. The fourth-order valence-corrected chi connectivity index (χ4v) is 2.61. The van der Waals surface area contributed by atoms with Gasteiger partial charge in [0, 0.05) is 38.6 Å². The number of fused-ring (bicyclic) bond motifs is 1. The third-order valence-electron chi connectivity index (χ3n) is 4.03.